The van der Waals surface area contributed by atoms with E-state index in [1.807, 2.05) is 42.7 Å². The highest BCUT2D eigenvalue weighted by molar-refractivity contribution is 5.92. The van der Waals surface area contributed by atoms with E-state index in [1.54, 1.807) is 0 Å². The molecule has 7 nitrogen and oxygen atoms in total. The number of nitrogens with zero attached hydrogens (tertiary/aromatic N) is 6. The average Bonchev–Trinajstić information content (AvgIpc) is 3.21. The third-order valence-electron chi connectivity index (χ3n) is 7.08. The summed E-state index contributed by atoms with van der Waals surface area (Å²) >= 11 is 0. The lowest BCUT2D eigenvalue weighted by molar-refractivity contribution is 0.0847. The normalized spacial score (nSPS) is 15.9. The first-order valence-electron chi connectivity index (χ1n) is 12.3. The summed E-state index contributed by atoms with van der Waals surface area (Å²) in [5.74, 6) is 2.05. The van der Waals surface area contributed by atoms with Crippen LogP contribution in [0.1, 0.15) is 35.9 Å². The highest BCUT2D eigenvalue weighted by atomic mass is 16.5. The number of para-hydroxylation sites is 2. The predicted molar refractivity (Wildman–Crippen MR) is 140 cm³/mol. The van der Waals surface area contributed by atoms with Gasteiger partial charge in [-0.1, -0.05) is 42.5 Å². The van der Waals surface area contributed by atoms with E-state index in [9.17, 15) is 0 Å². The summed E-state index contributed by atoms with van der Waals surface area (Å²) in [5, 5.41) is 14.8. The van der Waals surface area contributed by atoms with E-state index in [1.165, 1.54) is 5.56 Å². The molecule has 1 atom stereocenters. The second-order valence-electron chi connectivity index (χ2n) is 9.78. The summed E-state index contributed by atoms with van der Waals surface area (Å²) in [5.41, 5.74) is 4.91. The van der Waals surface area contributed by atoms with Gasteiger partial charge < -0.3 is 14.5 Å². The van der Waals surface area contributed by atoms with E-state index in [4.69, 9.17) is 9.84 Å². The summed E-state index contributed by atoms with van der Waals surface area (Å²) in [6.07, 6.45) is 2.22. The molecular formula is C28H34N6O. The molecule has 1 unspecified atom stereocenters. The minimum Gasteiger partial charge on any atom is -0.483 e. The van der Waals surface area contributed by atoms with Gasteiger partial charge in [0.25, 0.3) is 0 Å². The standard InChI is InChI=1S/C28H34N6O/c1-19-25-20(2)34(31-26(25)28(30-29-19)32(3)4)23-13-9-10-14-24(23)35-27(21-11-7-6-8-12-21)22-15-17-33(5)18-16-22/h6-14,22,27H,15-18H2,1-5H3. The van der Waals surface area contributed by atoms with Gasteiger partial charge in [-0.3, -0.25) is 0 Å². The number of hydrogen-bond acceptors (Lipinski definition) is 6. The van der Waals surface area contributed by atoms with E-state index < -0.39 is 0 Å². The van der Waals surface area contributed by atoms with Crippen LogP contribution in [0, 0.1) is 19.8 Å². The van der Waals surface area contributed by atoms with Gasteiger partial charge in [-0.2, -0.15) is 10.2 Å². The third kappa shape index (κ3) is 4.48. The van der Waals surface area contributed by atoms with Gasteiger partial charge in [-0.25, -0.2) is 4.68 Å². The van der Waals surface area contributed by atoms with Gasteiger partial charge in [0.05, 0.1) is 16.8 Å². The number of aromatic nitrogens is 4. The van der Waals surface area contributed by atoms with Crippen LogP contribution < -0.4 is 9.64 Å². The van der Waals surface area contributed by atoms with Crippen LogP contribution in [0.4, 0.5) is 5.82 Å². The number of rotatable bonds is 6. The number of likely N-dealkylation sites (tertiary alicyclic amines) is 1. The topological polar surface area (TPSA) is 59.3 Å². The molecule has 0 spiro atoms. The van der Waals surface area contributed by atoms with Crippen molar-refractivity contribution in [3.8, 4) is 11.4 Å². The number of ether oxygens (including phenoxy) is 1. The van der Waals surface area contributed by atoms with Gasteiger partial charge >= 0.3 is 0 Å². The van der Waals surface area contributed by atoms with Crippen LogP contribution in [-0.2, 0) is 0 Å². The first-order chi connectivity index (χ1) is 16.9. The molecule has 0 N–H and O–H groups in total. The van der Waals surface area contributed by atoms with Gasteiger partial charge in [0.2, 0.25) is 0 Å². The Balaban J connectivity index is 1.58. The van der Waals surface area contributed by atoms with Crippen molar-refractivity contribution in [2.45, 2.75) is 32.8 Å². The first-order valence-corrected chi connectivity index (χ1v) is 12.3. The Morgan fingerprint density at radius 3 is 2.34 bits per heavy atom. The van der Waals surface area contributed by atoms with Crippen molar-refractivity contribution in [1.82, 2.24) is 24.9 Å². The van der Waals surface area contributed by atoms with Crippen molar-refractivity contribution in [2.75, 3.05) is 39.1 Å². The maximum absolute atomic E-state index is 6.90. The molecule has 2 aromatic carbocycles. The summed E-state index contributed by atoms with van der Waals surface area (Å²) in [6.45, 7) is 6.26. The average molecular weight is 471 g/mol. The van der Waals surface area contributed by atoms with Crippen molar-refractivity contribution in [1.29, 1.82) is 0 Å². The molecule has 1 saturated heterocycles. The quantitative estimate of drug-likeness (QED) is 0.397. The van der Waals surface area contributed by atoms with Crippen molar-refractivity contribution >= 4 is 16.7 Å². The highest BCUT2D eigenvalue weighted by Crippen LogP contribution is 2.38. The van der Waals surface area contributed by atoms with Crippen LogP contribution in [-0.4, -0.2) is 59.1 Å². The Morgan fingerprint density at radius 2 is 1.63 bits per heavy atom. The highest BCUT2D eigenvalue weighted by Gasteiger charge is 2.29. The number of piperidine rings is 1. The van der Waals surface area contributed by atoms with Crippen LogP contribution >= 0.6 is 0 Å². The molecule has 2 aromatic heterocycles. The SMILES string of the molecule is Cc1nnc(N(C)C)c2nn(-c3ccccc3OC(c3ccccc3)C3CCN(C)CC3)c(C)c12. The van der Waals surface area contributed by atoms with Gasteiger partial charge in [0.15, 0.2) is 5.82 Å². The van der Waals surface area contributed by atoms with Crippen molar-refractivity contribution < 1.29 is 4.74 Å². The molecular weight excluding hydrogens is 436 g/mol. The minimum absolute atomic E-state index is 0.0151. The number of benzene rings is 2. The second-order valence-corrected chi connectivity index (χ2v) is 9.78. The molecule has 5 rings (SSSR count). The zero-order chi connectivity index (χ0) is 24.5. The van der Waals surface area contributed by atoms with Crippen LogP contribution in [0.2, 0.25) is 0 Å². The fourth-order valence-corrected chi connectivity index (χ4v) is 5.13. The second kappa shape index (κ2) is 9.66. The van der Waals surface area contributed by atoms with Crippen molar-refractivity contribution in [3.05, 3.63) is 71.5 Å². The molecule has 0 aliphatic carbocycles. The van der Waals surface area contributed by atoms with Crippen LogP contribution in [0.15, 0.2) is 54.6 Å². The van der Waals surface area contributed by atoms with Crippen molar-refractivity contribution in [3.63, 3.8) is 0 Å². The third-order valence-corrected chi connectivity index (χ3v) is 7.08. The fraction of sp³-hybridized carbons (Fsp3) is 0.393. The molecule has 0 bridgehead atoms. The Bertz CT molecular complexity index is 1310. The summed E-state index contributed by atoms with van der Waals surface area (Å²) in [4.78, 5) is 4.36. The molecule has 0 amide bonds. The van der Waals surface area contributed by atoms with Gasteiger partial charge in [0.1, 0.15) is 23.1 Å². The Kier molecular flexibility index (Phi) is 6.43. The first kappa shape index (κ1) is 23.3. The molecule has 0 radical (unpaired) electrons. The Labute approximate surface area is 207 Å². The molecule has 7 heteroatoms. The predicted octanol–water partition coefficient (Wildman–Crippen LogP) is 4.96. The van der Waals surface area contributed by atoms with E-state index in [0.29, 0.717) is 5.92 Å². The van der Waals surface area contributed by atoms with E-state index in [0.717, 1.165) is 65.5 Å². The summed E-state index contributed by atoms with van der Waals surface area (Å²) < 4.78 is 8.88. The van der Waals surface area contributed by atoms with E-state index in [-0.39, 0.29) is 6.10 Å². The van der Waals surface area contributed by atoms with Gasteiger partial charge in [-0.15, -0.1) is 5.10 Å². The fourth-order valence-electron chi connectivity index (χ4n) is 5.13. The smallest absolute Gasteiger partial charge is 0.179 e. The zero-order valence-corrected chi connectivity index (χ0v) is 21.3. The molecule has 0 saturated carbocycles. The molecule has 3 heterocycles. The largest absolute Gasteiger partial charge is 0.483 e. The van der Waals surface area contributed by atoms with Crippen molar-refractivity contribution in [2.24, 2.45) is 5.92 Å². The summed E-state index contributed by atoms with van der Waals surface area (Å²) in [7, 11) is 6.13. The lowest BCUT2D eigenvalue weighted by atomic mass is 9.87. The van der Waals surface area contributed by atoms with E-state index >= 15 is 0 Å². The molecule has 35 heavy (non-hydrogen) atoms. The van der Waals surface area contributed by atoms with Gasteiger partial charge in [0, 0.05) is 20.0 Å². The summed E-state index contributed by atoms with van der Waals surface area (Å²) in [6, 6.07) is 18.8. The molecule has 1 aliphatic rings. The number of aryl methyl sites for hydroxylation is 2. The van der Waals surface area contributed by atoms with Gasteiger partial charge in [-0.05, 0) is 64.5 Å². The van der Waals surface area contributed by atoms with Crippen LogP contribution in [0.5, 0.6) is 5.75 Å². The van der Waals surface area contributed by atoms with E-state index in [2.05, 4.69) is 71.5 Å². The number of hydrogen-bond donors (Lipinski definition) is 0. The molecule has 182 valence electrons. The molecule has 4 aromatic rings. The maximum atomic E-state index is 6.90. The minimum atomic E-state index is -0.0151. The number of anilines is 1. The lowest BCUT2D eigenvalue weighted by Gasteiger charge is -2.35. The molecule has 1 aliphatic heterocycles. The molecule has 1 fully saturated rings. The lowest BCUT2D eigenvalue weighted by Crippen LogP contribution is -2.34. The van der Waals surface area contributed by atoms with Crippen LogP contribution in [0.3, 0.4) is 0 Å². The zero-order valence-electron chi connectivity index (χ0n) is 21.3. The Morgan fingerprint density at radius 1 is 0.943 bits per heavy atom. The monoisotopic (exact) mass is 470 g/mol. The van der Waals surface area contributed by atoms with Crippen LogP contribution in [0.25, 0.3) is 16.6 Å². The Hall–Kier alpha value is -3.45. The maximum Gasteiger partial charge on any atom is 0.179 e. The number of fused-ring (bicyclic) bond motifs is 1.